The number of benzene rings is 2. The van der Waals surface area contributed by atoms with Crippen LogP contribution in [0.25, 0.3) is 6.08 Å². The fourth-order valence-electron chi connectivity index (χ4n) is 3.72. The van der Waals surface area contributed by atoms with E-state index in [-0.39, 0.29) is 18.5 Å². The number of nitrogens with zero attached hydrogens (tertiary/aromatic N) is 3. The fraction of sp³-hybridized carbons (Fsp3) is 0.296. The summed E-state index contributed by atoms with van der Waals surface area (Å²) in [5.74, 6) is -3.42. The first-order valence-electron chi connectivity index (χ1n) is 11.9. The van der Waals surface area contributed by atoms with Gasteiger partial charge in [0.25, 0.3) is 10.0 Å². The van der Waals surface area contributed by atoms with Crippen molar-refractivity contribution in [2.75, 3.05) is 4.90 Å². The lowest BCUT2D eigenvalue weighted by Crippen LogP contribution is -2.48. The molecule has 1 heterocycles. The van der Waals surface area contributed by atoms with Gasteiger partial charge in [-0.2, -0.15) is 5.10 Å². The lowest BCUT2D eigenvalue weighted by Gasteiger charge is -2.30. The Labute approximate surface area is 216 Å². The minimum absolute atomic E-state index is 0.0617. The molecule has 0 fully saturated rings. The summed E-state index contributed by atoms with van der Waals surface area (Å²) in [5.41, 5.74) is 1.63. The Bertz CT molecular complexity index is 1350. The Balaban J connectivity index is 1.92. The van der Waals surface area contributed by atoms with Crippen molar-refractivity contribution in [1.82, 2.24) is 14.5 Å². The smallest absolute Gasteiger partial charge is 0.257 e. The Kier molecular flexibility index (Phi) is 8.99. The largest absolute Gasteiger partial charge is 0.309 e. The number of aromatic nitrogens is 2. The molecule has 3 rings (SSSR count). The molecular weight excluding hydrogens is 495 g/mol. The van der Waals surface area contributed by atoms with Gasteiger partial charge in [-0.1, -0.05) is 30.3 Å². The van der Waals surface area contributed by atoms with Gasteiger partial charge in [-0.3, -0.25) is 14.3 Å². The summed E-state index contributed by atoms with van der Waals surface area (Å²) in [7, 11) is -4.20. The number of anilines is 1. The summed E-state index contributed by atoms with van der Waals surface area (Å²) >= 11 is 0. The lowest BCUT2D eigenvalue weighted by atomic mass is 9.98. The first kappa shape index (κ1) is 27.8. The van der Waals surface area contributed by atoms with Crippen LogP contribution in [0.15, 0.2) is 72.4 Å². The molecule has 0 aliphatic heterocycles. The average Bonchev–Trinajstić information content (AvgIpc) is 3.32. The van der Waals surface area contributed by atoms with E-state index in [4.69, 9.17) is 0 Å². The van der Waals surface area contributed by atoms with Gasteiger partial charge in [0.1, 0.15) is 11.7 Å². The molecule has 10 heteroatoms. The van der Waals surface area contributed by atoms with Crippen LogP contribution in [0, 0.1) is 11.7 Å². The maximum Gasteiger partial charge on any atom is 0.257 e. The molecule has 3 aromatic rings. The minimum Gasteiger partial charge on any atom is -0.309 e. The predicted molar refractivity (Wildman–Crippen MR) is 141 cm³/mol. The van der Waals surface area contributed by atoms with E-state index in [1.54, 1.807) is 61.3 Å². The molecule has 2 aromatic carbocycles. The van der Waals surface area contributed by atoms with Crippen LogP contribution in [0.3, 0.4) is 0 Å². The predicted octanol–water partition coefficient (Wildman–Crippen LogP) is 4.32. The van der Waals surface area contributed by atoms with Crippen LogP contribution in [0.2, 0.25) is 0 Å². The summed E-state index contributed by atoms with van der Waals surface area (Å²) in [6.07, 6.45) is 4.56. The molecule has 0 saturated carbocycles. The van der Waals surface area contributed by atoms with Gasteiger partial charge in [0, 0.05) is 24.0 Å². The van der Waals surface area contributed by atoms with Crippen molar-refractivity contribution in [3.8, 4) is 0 Å². The zero-order chi connectivity index (χ0) is 27.2. The van der Waals surface area contributed by atoms with Gasteiger partial charge in [0.2, 0.25) is 11.8 Å². The molecular formula is C27H31FN4O4S. The van der Waals surface area contributed by atoms with Crippen molar-refractivity contribution in [3.63, 3.8) is 0 Å². The van der Waals surface area contributed by atoms with Crippen LogP contribution < -0.4 is 9.62 Å². The third-order valence-electron chi connectivity index (χ3n) is 5.58. The Hall–Kier alpha value is -3.79. The summed E-state index contributed by atoms with van der Waals surface area (Å²) in [6, 6.07) is 13.7. The number of rotatable bonds is 10. The Morgan fingerprint density at radius 2 is 1.70 bits per heavy atom. The molecule has 196 valence electrons. The molecule has 2 amide bonds. The van der Waals surface area contributed by atoms with Crippen molar-refractivity contribution >= 4 is 33.6 Å². The van der Waals surface area contributed by atoms with E-state index in [2.05, 4.69) is 5.10 Å². The molecule has 0 radical (unpaired) electrons. The van der Waals surface area contributed by atoms with Crippen LogP contribution in [0.4, 0.5) is 10.1 Å². The highest BCUT2D eigenvalue weighted by Gasteiger charge is 2.35. The van der Waals surface area contributed by atoms with Crippen LogP contribution in [0.5, 0.6) is 0 Å². The van der Waals surface area contributed by atoms with Crippen LogP contribution in [-0.4, -0.2) is 36.1 Å². The van der Waals surface area contributed by atoms with Crippen molar-refractivity contribution < 1.29 is 22.4 Å². The molecule has 0 aliphatic rings. The summed E-state index contributed by atoms with van der Waals surface area (Å²) in [5, 5.41) is 5.15. The first-order valence-corrected chi connectivity index (χ1v) is 13.4. The monoisotopic (exact) mass is 526 g/mol. The second-order valence-electron chi connectivity index (χ2n) is 9.18. The highest BCUT2D eigenvalue weighted by molar-refractivity contribution is 7.93. The number of nitrogens with one attached hydrogen (secondary N) is 1. The number of sulfonamides is 1. The number of hydrogen-bond acceptors (Lipinski definition) is 5. The maximum atomic E-state index is 13.8. The van der Waals surface area contributed by atoms with Gasteiger partial charge in [-0.15, -0.1) is 0 Å². The number of amides is 2. The molecule has 1 N–H and O–H groups in total. The standard InChI is InChI=1S/C27H31FN4O4S/c1-19(2)31-18-22(17-29-31)16-25(27(34)32(20(3)4)24-12-10-23(28)11-13-24)26(33)30-37(35,36)15-14-21-8-6-5-7-9-21/h5-15,17-20,25H,16H2,1-4H3,(H,30,33)/b15-14+. The summed E-state index contributed by atoms with van der Waals surface area (Å²) < 4.78 is 42.6. The van der Waals surface area contributed by atoms with Crippen molar-refractivity contribution in [2.24, 2.45) is 5.92 Å². The van der Waals surface area contributed by atoms with Gasteiger partial charge >= 0.3 is 0 Å². The number of carbonyl (C=O) groups is 2. The van der Waals surface area contributed by atoms with E-state index in [9.17, 15) is 22.4 Å². The van der Waals surface area contributed by atoms with E-state index < -0.39 is 33.6 Å². The third-order valence-corrected chi connectivity index (χ3v) is 6.56. The number of halogens is 1. The molecule has 1 aromatic heterocycles. The van der Waals surface area contributed by atoms with E-state index in [0.717, 1.165) is 5.41 Å². The van der Waals surface area contributed by atoms with E-state index in [1.165, 1.54) is 35.2 Å². The normalized spacial score (nSPS) is 12.7. The molecule has 1 atom stereocenters. The van der Waals surface area contributed by atoms with Gasteiger partial charge in [-0.05, 0) is 75.6 Å². The van der Waals surface area contributed by atoms with Crippen LogP contribution in [0.1, 0.15) is 44.9 Å². The van der Waals surface area contributed by atoms with E-state index in [0.29, 0.717) is 16.8 Å². The minimum atomic E-state index is -4.20. The molecule has 0 saturated heterocycles. The SMILES string of the molecule is CC(C)N(C(=O)C(Cc1cnn(C(C)C)c1)C(=O)NS(=O)(=O)/C=C/c1ccccc1)c1ccc(F)cc1. The molecule has 8 nitrogen and oxygen atoms in total. The van der Waals surface area contributed by atoms with Gasteiger partial charge < -0.3 is 4.90 Å². The van der Waals surface area contributed by atoms with Crippen molar-refractivity contribution in [1.29, 1.82) is 0 Å². The zero-order valence-corrected chi connectivity index (χ0v) is 22.0. The number of hydrogen-bond donors (Lipinski definition) is 1. The fourth-order valence-corrected chi connectivity index (χ4v) is 4.55. The third kappa shape index (κ3) is 7.60. The molecule has 0 spiro atoms. The van der Waals surface area contributed by atoms with E-state index >= 15 is 0 Å². The van der Waals surface area contributed by atoms with Crippen LogP contribution in [-0.2, 0) is 26.0 Å². The highest BCUT2D eigenvalue weighted by Crippen LogP contribution is 2.23. The molecule has 0 aliphatic carbocycles. The quantitative estimate of drug-likeness (QED) is 0.397. The van der Waals surface area contributed by atoms with Crippen LogP contribution >= 0.6 is 0 Å². The van der Waals surface area contributed by atoms with Gasteiger partial charge in [0.05, 0.1) is 11.6 Å². The molecule has 37 heavy (non-hydrogen) atoms. The second kappa shape index (κ2) is 12.0. The maximum absolute atomic E-state index is 13.8. The summed E-state index contributed by atoms with van der Waals surface area (Å²) in [4.78, 5) is 28.4. The van der Waals surface area contributed by atoms with Crippen molar-refractivity contribution in [3.05, 3.63) is 89.3 Å². The molecule has 0 bridgehead atoms. The highest BCUT2D eigenvalue weighted by atomic mass is 32.2. The Morgan fingerprint density at radius 3 is 2.27 bits per heavy atom. The van der Waals surface area contributed by atoms with Crippen molar-refractivity contribution in [2.45, 2.75) is 46.2 Å². The van der Waals surface area contributed by atoms with Gasteiger partial charge in [-0.25, -0.2) is 17.5 Å². The first-order chi connectivity index (χ1) is 17.5. The van der Waals surface area contributed by atoms with E-state index in [1.807, 2.05) is 18.6 Å². The second-order valence-corrected chi connectivity index (χ2v) is 10.7. The summed E-state index contributed by atoms with van der Waals surface area (Å²) in [6.45, 7) is 7.39. The van der Waals surface area contributed by atoms with Gasteiger partial charge in [0.15, 0.2) is 0 Å². The topological polar surface area (TPSA) is 101 Å². The average molecular weight is 527 g/mol. The zero-order valence-electron chi connectivity index (χ0n) is 21.2. The molecule has 1 unspecified atom stereocenters. The lowest BCUT2D eigenvalue weighted by molar-refractivity contribution is -0.132. The number of carbonyl (C=O) groups excluding carboxylic acids is 2. The Morgan fingerprint density at radius 1 is 1.05 bits per heavy atom.